The molecule has 3 aromatic carbocycles. The van der Waals surface area contributed by atoms with Crippen molar-refractivity contribution in [1.29, 1.82) is 0 Å². The summed E-state index contributed by atoms with van der Waals surface area (Å²) in [5, 5.41) is 22.2. The molecule has 28 heavy (non-hydrogen) atoms. The van der Waals surface area contributed by atoms with Crippen LogP contribution in [-0.4, -0.2) is 24.4 Å². The molecule has 6 heteroatoms. The number of rotatable bonds is 7. The van der Waals surface area contributed by atoms with Crippen LogP contribution in [0.15, 0.2) is 89.8 Å². The lowest BCUT2D eigenvalue weighted by atomic mass is 9.93. The molecule has 0 radical (unpaired) electrons. The molecule has 3 rings (SSSR count). The van der Waals surface area contributed by atoms with E-state index in [-0.39, 0.29) is 11.3 Å². The minimum Gasteiger partial charge on any atom is -0.384 e. The third kappa shape index (κ3) is 4.66. The predicted molar refractivity (Wildman–Crippen MR) is 108 cm³/mol. The molecule has 0 bridgehead atoms. The molecule has 0 saturated heterocycles. The van der Waals surface area contributed by atoms with Crippen LogP contribution in [0.25, 0.3) is 0 Å². The first kappa shape index (κ1) is 20.2. The second kappa shape index (κ2) is 8.24. The quantitative estimate of drug-likeness (QED) is 0.535. The number of hydrogen-bond donors (Lipinski definition) is 3. The first-order valence-electron chi connectivity index (χ1n) is 8.90. The SMILES string of the molecule is Cc1ccc(S(=O)(=O)N[C@](O)(Cc2ccccc2)[C@H](O)c2ccccc2)cc1. The van der Waals surface area contributed by atoms with Crippen LogP contribution in [-0.2, 0) is 16.4 Å². The zero-order chi connectivity index (χ0) is 20.2. The van der Waals surface area contributed by atoms with E-state index in [1.807, 2.05) is 13.0 Å². The molecule has 0 amide bonds. The van der Waals surface area contributed by atoms with Crippen LogP contribution in [0.5, 0.6) is 0 Å². The van der Waals surface area contributed by atoms with E-state index < -0.39 is 21.9 Å². The lowest BCUT2D eigenvalue weighted by Crippen LogP contribution is -2.54. The summed E-state index contributed by atoms with van der Waals surface area (Å²) in [6.07, 6.45) is -1.57. The zero-order valence-corrected chi connectivity index (χ0v) is 16.3. The van der Waals surface area contributed by atoms with Crippen LogP contribution >= 0.6 is 0 Å². The van der Waals surface area contributed by atoms with Gasteiger partial charge in [0.25, 0.3) is 0 Å². The Bertz CT molecular complexity index is 1010. The summed E-state index contributed by atoms with van der Waals surface area (Å²) >= 11 is 0. The Morgan fingerprint density at radius 3 is 2.00 bits per heavy atom. The van der Waals surface area contributed by atoms with Crippen molar-refractivity contribution in [1.82, 2.24) is 4.72 Å². The van der Waals surface area contributed by atoms with Crippen molar-refractivity contribution in [2.45, 2.75) is 30.1 Å². The second-order valence-electron chi connectivity index (χ2n) is 6.82. The van der Waals surface area contributed by atoms with Crippen molar-refractivity contribution < 1.29 is 18.6 Å². The van der Waals surface area contributed by atoms with Crippen molar-refractivity contribution in [3.63, 3.8) is 0 Å². The fourth-order valence-corrected chi connectivity index (χ4v) is 4.28. The molecule has 0 aliphatic heterocycles. The smallest absolute Gasteiger partial charge is 0.243 e. The van der Waals surface area contributed by atoms with Gasteiger partial charge in [0.05, 0.1) is 4.90 Å². The van der Waals surface area contributed by atoms with Crippen molar-refractivity contribution in [2.24, 2.45) is 0 Å². The van der Waals surface area contributed by atoms with E-state index in [9.17, 15) is 18.6 Å². The summed E-state index contributed by atoms with van der Waals surface area (Å²) in [6, 6.07) is 23.7. The summed E-state index contributed by atoms with van der Waals surface area (Å²) in [7, 11) is -4.07. The molecule has 0 saturated carbocycles. The molecule has 0 aliphatic rings. The van der Waals surface area contributed by atoms with E-state index >= 15 is 0 Å². The van der Waals surface area contributed by atoms with E-state index in [4.69, 9.17) is 0 Å². The Kier molecular flexibility index (Phi) is 5.96. The van der Waals surface area contributed by atoms with Crippen molar-refractivity contribution in [3.8, 4) is 0 Å². The van der Waals surface area contributed by atoms with Crippen molar-refractivity contribution in [2.75, 3.05) is 0 Å². The molecule has 0 aromatic heterocycles. The summed E-state index contributed by atoms with van der Waals surface area (Å²) in [5.74, 6) is 0. The minimum absolute atomic E-state index is 0.0184. The monoisotopic (exact) mass is 397 g/mol. The summed E-state index contributed by atoms with van der Waals surface area (Å²) in [6.45, 7) is 1.86. The van der Waals surface area contributed by atoms with Gasteiger partial charge < -0.3 is 10.2 Å². The lowest BCUT2D eigenvalue weighted by molar-refractivity contribution is -0.0851. The molecule has 0 fully saturated rings. The summed E-state index contributed by atoms with van der Waals surface area (Å²) in [5.41, 5.74) is -0.117. The third-order valence-corrected chi connectivity index (χ3v) is 6.04. The zero-order valence-electron chi connectivity index (χ0n) is 15.5. The first-order chi connectivity index (χ1) is 13.3. The predicted octanol–water partition coefficient (Wildman–Crippen LogP) is 2.94. The molecule has 0 spiro atoms. The normalized spacial score (nSPS) is 15.0. The van der Waals surface area contributed by atoms with Gasteiger partial charge in [0.1, 0.15) is 6.10 Å². The lowest BCUT2D eigenvalue weighted by Gasteiger charge is -2.34. The van der Waals surface area contributed by atoms with Gasteiger partial charge in [-0.25, -0.2) is 8.42 Å². The second-order valence-corrected chi connectivity index (χ2v) is 8.50. The molecule has 3 aromatic rings. The van der Waals surface area contributed by atoms with Gasteiger partial charge in [-0.15, -0.1) is 0 Å². The van der Waals surface area contributed by atoms with Gasteiger partial charge in [-0.05, 0) is 30.2 Å². The van der Waals surface area contributed by atoms with Gasteiger partial charge in [0.2, 0.25) is 10.0 Å². The van der Waals surface area contributed by atoms with Gasteiger partial charge in [0.15, 0.2) is 5.72 Å². The molecular formula is C22H23NO4S. The minimum atomic E-state index is -4.07. The molecule has 0 heterocycles. The van der Waals surface area contributed by atoms with Crippen LogP contribution in [0.3, 0.4) is 0 Å². The number of nitrogens with one attached hydrogen (secondary N) is 1. The van der Waals surface area contributed by atoms with Gasteiger partial charge in [-0.3, -0.25) is 0 Å². The fraction of sp³-hybridized carbons (Fsp3) is 0.182. The number of aliphatic hydroxyl groups is 2. The Labute approximate surface area is 165 Å². The Morgan fingerprint density at radius 1 is 0.893 bits per heavy atom. The van der Waals surface area contributed by atoms with Crippen LogP contribution in [0.1, 0.15) is 22.8 Å². The molecule has 146 valence electrons. The summed E-state index contributed by atoms with van der Waals surface area (Å²) < 4.78 is 28.1. The average Bonchev–Trinajstić information content (AvgIpc) is 2.68. The maximum Gasteiger partial charge on any atom is 0.243 e. The first-order valence-corrected chi connectivity index (χ1v) is 10.4. The van der Waals surface area contributed by atoms with Crippen LogP contribution in [0.2, 0.25) is 0 Å². The van der Waals surface area contributed by atoms with Crippen LogP contribution in [0.4, 0.5) is 0 Å². The van der Waals surface area contributed by atoms with Crippen molar-refractivity contribution in [3.05, 3.63) is 102 Å². The van der Waals surface area contributed by atoms with Gasteiger partial charge in [-0.2, -0.15) is 4.72 Å². The standard InChI is InChI=1S/C22H23NO4S/c1-17-12-14-20(15-13-17)28(26,27)23-22(25,16-18-8-4-2-5-9-18)21(24)19-10-6-3-7-11-19/h2-15,21,23-25H,16H2,1H3/t21-,22+/m1/s1. The molecule has 0 aliphatic carbocycles. The Morgan fingerprint density at radius 2 is 1.43 bits per heavy atom. The highest BCUT2D eigenvalue weighted by molar-refractivity contribution is 7.89. The van der Waals surface area contributed by atoms with E-state index in [1.54, 1.807) is 66.7 Å². The average molecular weight is 397 g/mol. The molecule has 0 unspecified atom stereocenters. The highest BCUT2D eigenvalue weighted by atomic mass is 32.2. The molecule has 2 atom stereocenters. The van der Waals surface area contributed by atoms with E-state index in [0.29, 0.717) is 11.1 Å². The van der Waals surface area contributed by atoms with E-state index in [2.05, 4.69) is 4.72 Å². The van der Waals surface area contributed by atoms with Gasteiger partial charge in [-0.1, -0.05) is 78.4 Å². The van der Waals surface area contributed by atoms with E-state index in [1.165, 1.54) is 12.1 Å². The highest BCUT2D eigenvalue weighted by Gasteiger charge is 2.41. The number of sulfonamides is 1. The molecular weight excluding hydrogens is 374 g/mol. The topological polar surface area (TPSA) is 86.6 Å². The van der Waals surface area contributed by atoms with Crippen LogP contribution in [0, 0.1) is 6.92 Å². The number of benzene rings is 3. The fourth-order valence-electron chi connectivity index (χ4n) is 3.02. The van der Waals surface area contributed by atoms with Gasteiger partial charge in [0, 0.05) is 6.42 Å². The number of aliphatic hydroxyl groups excluding tert-OH is 1. The Hall–Kier alpha value is -2.51. The van der Waals surface area contributed by atoms with Crippen molar-refractivity contribution >= 4 is 10.0 Å². The molecule has 3 N–H and O–H groups in total. The largest absolute Gasteiger partial charge is 0.384 e. The maximum absolute atomic E-state index is 12.9. The summed E-state index contributed by atoms with van der Waals surface area (Å²) in [4.78, 5) is 0.0184. The van der Waals surface area contributed by atoms with E-state index in [0.717, 1.165) is 5.56 Å². The number of aryl methyl sites for hydroxylation is 1. The van der Waals surface area contributed by atoms with Gasteiger partial charge >= 0.3 is 0 Å². The van der Waals surface area contributed by atoms with Crippen LogP contribution < -0.4 is 4.72 Å². The number of hydrogen-bond acceptors (Lipinski definition) is 4. The Balaban J connectivity index is 1.99. The maximum atomic E-state index is 12.9. The highest BCUT2D eigenvalue weighted by Crippen LogP contribution is 2.29. The third-order valence-electron chi connectivity index (χ3n) is 4.53. The molecule has 5 nitrogen and oxygen atoms in total.